The van der Waals surface area contributed by atoms with Crippen molar-refractivity contribution < 1.29 is 18.5 Å². The fourth-order valence-corrected chi connectivity index (χ4v) is 5.46. The van der Waals surface area contributed by atoms with Crippen LogP contribution < -0.4 is 15.7 Å². The average Bonchev–Trinajstić information content (AvgIpc) is 2.78. The molecule has 0 heterocycles. The molecular weight excluding hydrogens is 388 g/mol. The van der Waals surface area contributed by atoms with E-state index < -0.39 is 25.1 Å². The zero-order chi connectivity index (χ0) is 20.9. The molecule has 0 saturated heterocycles. The summed E-state index contributed by atoms with van der Waals surface area (Å²) in [5.41, 5.74) is 0.625. The monoisotopic (exact) mass is 409 g/mol. The Kier molecular flexibility index (Phi) is 6.42. The Morgan fingerprint density at radius 3 is 1.86 bits per heavy atom. The van der Waals surface area contributed by atoms with Crippen molar-refractivity contribution >= 4 is 23.9 Å². The van der Waals surface area contributed by atoms with Gasteiger partial charge in [0.15, 0.2) is 0 Å². The number of carbonyl (C=O) groups is 1. The van der Waals surface area contributed by atoms with Crippen LogP contribution in [0.2, 0.25) is 0 Å². The quantitative estimate of drug-likeness (QED) is 0.363. The molecule has 29 heavy (non-hydrogen) atoms. The molecule has 3 aromatic rings. The van der Waals surface area contributed by atoms with Gasteiger partial charge in [0.05, 0.1) is 18.7 Å². The first-order valence-electron chi connectivity index (χ1n) is 8.97. The summed E-state index contributed by atoms with van der Waals surface area (Å²) in [6.07, 6.45) is 0. The van der Waals surface area contributed by atoms with E-state index in [9.17, 15) is 13.8 Å². The molecule has 0 aliphatic carbocycles. The summed E-state index contributed by atoms with van der Waals surface area (Å²) < 4.78 is 32.6. The lowest BCUT2D eigenvalue weighted by Crippen LogP contribution is -2.33. The number of rotatable bonds is 7. The van der Waals surface area contributed by atoms with E-state index >= 15 is 0 Å². The molecule has 4 nitrogen and oxygen atoms in total. The molecule has 0 bridgehead atoms. The molecule has 0 aliphatic heterocycles. The first-order chi connectivity index (χ1) is 14.0. The highest BCUT2D eigenvalue weighted by molar-refractivity contribution is 7.76. The number of ether oxygens (including phenoxy) is 1. The highest BCUT2D eigenvalue weighted by Gasteiger charge is 2.33. The van der Waals surface area contributed by atoms with Crippen LogP contribution in [0.1, 0.15) is 11.6 Å². The molecule has 0 radical (unpaired) electrons. The third kappa shape index (κ3) is 4.53. The molecule has 3 rings (SSSR count). The second-order valence-corrected chi connectivity index (χ2v) is 8.92. The van der Waals surface area contributed by atoms with Crippen molar-refractivity contribution in [1.29, 1.82) is 0 Å². The van der Waals surface area contributed by atoms with Crippen molar-refractivity contribution in [3.63, 3.8) is 0 Å². The number of halogens is 1. The SMILES string of the molecule is C=C(C(=O)OC)C(NP(=O)(c1ccccc1)c1ccccc1)c1ccc(F)cc1. The van der Waals surface area contributed by atoms with E-state index in [1.165, 1.54) is 31.4 Å². The van der Waals surface area contributed by atoms with Crippen molar-refractivity contribution in [3.8, 4) is 0 Å². The van der Waals surface area contributed by atoms with Gasteiger partial charge in [-0.25, -0.2) is 14.3 Å². The van der Waals surface area contributed by atoms with Gasteiger partial charge in [0.1, 0.15) is 5.82 Å². The normalized spacial score (nSPS) is 12.2. The Morgan fingerprint density at radius 2 is 1.41 bits per heavy atom. The second kappa shape index (κ2) is 8.99. The molecule has 0 amide bonds. The average molecular weight is 409 g/mol. The summed E-state index contributed by atoms with van der Waals surface area (Å²) in [4.78, 5) is 12.2. The van der Waals surface area contributed by atoms with Crippen LogP contribution in [-0.4, -0.2) is 13.1 Å². The van der Waals surface area contributed by atoms with Gasteiger partial charge < -0.3 is 4.74 Å². The molecule has 0 aliphatic rings. The molecule has 0 saturated carbocycles. The highest BCUT2D eigenvalue weighted by atomic mass is 31.2. The third-order valence-electron chi connectivity index (χ3n) is 4.55. The van der Waals surface area contributed by atoms with E-state index in [-0.39, 0.29) is 5.57 Å². The van der Waals surface area contributed by atoms with Gasteiger partial charge in [-0.05, 0) is 42.0 Å². The standard InChI is InChI=1S/C23H21FNO3P/c1-17(23(26)28-2)22(18-13-15-19(24)16-14-18)25-29(27,20-9-5-3-6-10-20)21-11-7-4-8-12-21/h3-16,22H,1H2,2H3,(H,25,27). The largest absolute Gasteiger partial charge is 0.466 e. The molecule has 0 aromatic heterocycles. The Balaban J connectivity index is 2.13. The molecule has 0 spiro atoms. The number of esters is 1. The summed E-state index contributed by atoms with van der Waals surface area (Å²) in [5, 5.41) is 4.31. The molecular formula is C23H21FNO3P. The van der Waals surface area contributed by atoms with Crippen LogP contribution in [-0.2, 0) is 14.1 Å². The van der Waals surface area contributed by atoms with Crippen LogP contribution >= 0.6 is 7.29 Å². The predicted octanol–water partition coefficient (Wildman–Crippen LogP) is 4.11. The lowest BCUT2D eigenvalue weighted by Gasteiger charge is -2.28. The van der Waals surface area contributed by atoms with Gasteiger partial charge in [-0.15, -0.1) is 0 Å². The molecule has 6 heteroatoms. The summed E-state index contributed by atoms with van der Waals surface area (Å²) >= 11 is 0. The zero-order valence-corrected chi connectivity index (χ0v) is 16.8. The van der Waals surface area contributed by atoms with Gasteiger partial charge in [0.25, 0.3) is 0 Å². The van der Waals surface area contributed by atoms with E-state index in [0.29, 0.717) is 16.2 Å². The van der Waals surface area contributed by atoms with Crippen LogP contribution in [0.5, 0.6) is 0 Å². The van der Waals surface area contributed by atoms with Crippen LogP contribution in [0, 0.1) is 5.82 Å². The number of benzene rings is 3. The number of methoxy groups -OCH3 is 1. The van der Waals surface area contributed by atoms with Crippen molar-refractivity contribution in [2.75, 3.05) is 7.11 Å². The van der Waals surface area contributed by atoms with E-state index in [2.05, 4.69) is 11.7 Å². The maximum atomic E-state index is 14.3. The maximum absolute atomic E-state index is 14.3. The fraction of sp³-hybridized carbons (Fsp3) is 0.0870. The van der Waals surface area contributed by atoms with Crippen molar-refractivity contribution in [2.45, 2.75) is 6.04 Å². The van der Waals surface area contributed by atoms with Crippen LogP contribution in [0.4, 0.5) is 4.39 Å². The van der Waals surface area contributed by atoms with E-state index in [4.69, 9.17) is 4.74 Å². The Morgan fingerprint density at radius 1 is 0.931 bits per heavy atom. The smallest absolute Gasteiger partial charge is 0.335 e. The summed E-state index contributed by atoms with van der Waals surface area (Å²) in [5.74, 6) is -1.05. The third-order valence-corrected chi connectivity index (χ3v) is 7.22. The van der Waals surface area contributed by atoms with Crippen molar-refractivity contribution in [3.05, 3.63) is 108 Å². The number of hydrogen-bond acceptors (Lipinski definition) is 3. The lowest BCUT2D eigenvalue weighted by molar-refractivity contribution is -0.136. The maximum Gasteiger partial charge on any atom is 0.335 e. The molecule has 1 atom stereocenters. The Bertz CT molecular complexity index is 993. The Labute approximate surface area is 169 Å². The minimum Gasteiger partial charge on any atom is -0.466 e. The van der Waals surface area contributed by atoms with Gasteiger partial charge in [0.2, 0.25) is 7.29 Å². The van der Waals surface area contributed by atoms with Crippen LogP contribution in [0.15, 0.2) is 97.1 Å². The van der Waals surface area contributed by atoms with Gasteiger partial charge in [-0.3, -0.25) is 4.57 Å². The van der Waals surface area contributed by atoms with E-state index in [0.717, 1.165) is 0 Å². The number of carbonyl (C=O) groups excluding carboxylic acids is 1. The number of nitrogens with one attached hydrogen (secondary N) is 1. The first kappa shape index (κ1) is 20.7. The van der Waals surface area contributed by atoms with Gasteiger partial charge in [-0.1, -0.05) is 55.1 Å². The molecule has 0 fully saturated rings. The van der Waals surface area contributed by atoms with Gasteiger partial charge in [0, 0.05) is 10.6 Å². The molecule has 148 valence electrons. The molecule has 3 aromatic carbocycles. The van der Waals surface area contributed by atoms with E-state index in [1.807, 2.05) is 12.1 Å². The van der Waals surface area contributed by atoms with Crippen molar-refractivity contribution in [2.24, 2.45) is 0 Å². The van der Waals surface area contributed by atoms with Crippen LogP contribution in [0.25, 0.3) is 0 Å². The highest BCUT2D eigenvalue weighted by Crippen LogP contribution is 2.43. The first-order valence-corrected chi connectivity index (χ1v) is 10.7. The lowest BCUT2D eigenvalue weighted by atomic mass is 10.0. The van der Waals surface area contributed by atoms with Gasteiger partial charge >= 0.3 is 5.97 Å². The molecule has 1 unspecified atom stereocenters. The van der Waals surface area contributed by atoms with Crippen molar-refractivity contribution in [1.82, 2.24) is 5.09 Å². The summed E-state index contributed by atoms with van der Waals surface area (Å²) in [6.45, 7) is 3.84. The minimum absolute atomic E-state index is 0.0752. The van der Waals surface area contributed by atoms with Gasteiger partial charge in [-0.2, -0.15) is 0 Å². The topological polar surface area (TPSA) is 55.4 Å². The zero-order valence-electron chi connectivity index (χ0n) is 15.9. The second-order valence-electron chi connectivity index (χ2n) is 6.41. The predicted molar refractivity (Wildman–Crippen MR) is 113 cm³/mol. The fourth-order valence-electron chi connectivity index (χ4n) is 3.01. The summed E-state index contributed by atoms with van der Waals surface area (Å²) in [6, 6.07) is 22.7. The van der Waals surface area contributed by atoms with E-state index in [1.54, 1.807) is 48.5 Å². The molecule has 1 N–H and O–H groups in total. The summed E-state index contributed by atoms with van der Waals surface area (Å²) in [7, 11) is -2.12. The number of hydrogen-bond donors (Lipinski definition) is 1. The minimum atomic E-state index is -3.37. The Hall–Kier alpha value is -3.01. The van der Waals surface area contributed by atoms with Crippen LogP contribution in [0.3, 0.4) is 0 Å².